The molecule has 0 atom stereocenters. The molecule has 2 heteroatoms. The average molecular weight is 236 g/mol. The lowest BCUT2D eigenvalue weighted by Crippen LogP contribution is -2.11. The molecule has 0 unspecified atom stereocenters. The normalized spacial score (nSPS) is 18.7. The highest BCUT2D eigenvalue weighted by molar-refractivity contribution is 6.65. The first-order chi connectivity index (χ1) is 7.84. The largest absolute Gasteiger partial charge is 0.274 e. The zero-order valence-corrected chi connectivity index (χ0v) is 10.3. The first-order valence-electron chi connectivity index (χ1n) is 6.11. The van der Waals surface area contributed by atoms with Gasteiger partial charge in [0.2, 0.25) is 0 Å². The number of rotatable bonds is 3. The molecule has 0 radical (unpaired) electrons. The summed E-state index contributed by atoms with van der Waals surface area (Å²) in [6, 6.07) is 10.8. The summed E-state index contributed by atoms with van der Waals surface area (Å²) >= 11 is 6.20. The van der Waals surface area contributed by atoms with Crippen molar-refractivity contribution in [3.63, 3.8) is 0 Å². The van der Waals surface area contributed by atoms with Crippen molar-refractivity contribution in [3.8, 4) is 0 Å². The van der Waals surface area contributed by atoms with Gasteiger partial charge in [0.1, 0.15) is 5.17 Å². The molecule has 1 nitrogen and oxygen atoms in total. The number of hydrogen-bond acceptors (Lipinski definition) is 1. The maximum absolute atomic E-state index is 6.20. The Morgan fingerprint density at radius 3 is 2.50 bits per heavy atom. The van der Waals surface area contributed by atoms with Gasteiger partial charge in [-0.05, 0) is 18.4 Å². The molecule has 2 rings (SSSR count). The Morgan fingerprint density at radius 2 is 1.81 bits per heavy atom. The third-order valence-corrected chi connectivity index (χ3v) is 3.32. The van der Waals surface area contributed by atoms with E-state index in [4.69, 9.17) is 11.6 Å². The minimum atomic E-state index is 0.477. The predicted molar refractivity (Wildman–Crippen MR) is 70.3 cm³/mol. The van der Waals surface area contributed by atoms with E-state index in [1.807, 2.05) is 18.2 Å². The predicted octanol–water partition coefficient (Wildman–Crippen LogP) is 4.20. The summed E-state index contributed by atoms with van der Waals surface area (Å²) in [6.45, 7) is 0. The van der Waals surface area contributed by atoms with Gasteiger partial charge in [-0.25, -0.2) is 0 Å². The van der Waals surface area contributed by atoms with Gasteiger partial charge in [0.05, 0.1) is 6.04 Å². The summed E-state index contributed by atoms with van der Waals surface area (Å²) in [7, 11) is 0. The Balaban J connectivity index is 1.91. The topological polar surface area (TPSA) is 12.4 Å². The van der Waals surface area contributed by atoms with Crippen molar-refractivity contribution >= 4 is 16.8 Å². The molecular formula is C14H18ClN. The molecule has 86 valence electrons. The molecule has 1 saturated carbocycles. The van der Waals surface area contributed by atoms with Crippen LogP contribution in [0.5, 0.6) is 0 Å². The highest BCUT2D eigenvalue weighted by Crippen LogP contribution is 2.21. The summed E-state index contributed by atoms with van der Waals surface area (Å²) in [6.07, 6.45) is 7.19. The fourth-order valence-corrected chi connectivity index (χ4v) is 2.51. The van der Waals surface area contributed by atoms with Gasteiger partial charge in [0.25, 0.3) is 0 Å². The molecule has 0 N–H and O–H groups in total. The summed E-state index contributed by atoms with van der Waals surface area (Å²) in [5.74, 6) is 0. The van der Waals surface area contributed by atoms with Crippen molar-refractivity contribution in [3.05, 3.63) is 35.9 Å². The molecule has 1 aromatic carbocycles. The van der Waals surface area contributed by atoms with E-state index in [1.165, 1.54) is 37.7 Å². The van der Waals surface area contributed by atoms with E-state index in [1.54, 1.807) is 0 Å². The van der Waals surface area contributed by atoms with E-state index < -0.39 is 0 Å². The second kappa shape index (κ2) is 6.05. The van der Waals surface area contributed by atoms with Crippen LogP contribution in [0.3, 0.4) is 0 Å². The third-order valence-electron chi connectivity index (χ3n) is 3.09. The standard InChI is InChI=1S/C14H18ClN/c15-14(11-12-7-3-1-4-8-12)16-13-9-5-2-6-10-13/h1,3-4,7-8,13H,2,5-6,9-11H2. The van der Waals surface area contributed by atoms with E-state index in [9.17, 15) is 0 Å². The van der Waals surface area contributed by atoms with Crippen LogP contribution in [0.1, 0.15) is 37.7 Å². The average Bonchev–Trinajstić information content (AvgIpc) is 2.31. The van der Waals surface area contributed by atoms with Crippen LogP contribution in [0.15, 0.2) is 35.3 Å². The van der Waals surface area contributed by atoms with Gasteiger partial charge in [-0.15, -0.1) is 0 Å². The zero-order chi connectivity index (χ0) is 11.2. The summed E-state index contributed by atoms with van der Waals surface area (Å²) < 4.78 is 0. The fraction of sp³-hybridized carbons (Fsp3) is 0.500. The van der Waals surface area contributed by atoms with Crippen LogP contribution in [-0.4, -0.2) is 11.2 Å². The van der Waals surface area contributed by atoms with Crippen LogP contribution in [0.2, 0.25) is 0 Å². The van der Waals surface area contributed by atoms with Crippen LogP contribution < -0.4 is 0 Å². The van der Waals surface area contributed by atoms with Crippen molar-refractivity contribution in [2.45, 2.75) is 44.6 Å². The lowest BCUT2D eigenvalue weighted by atomic mass is 9.96. The van der Waals surface area contributed by atoms with Crippen LogP contribution >= 0.6 is 11.6 Å². The van der Waals surface area contributed by atoms with Gasteiger partial charge >= 0.3 is 0 Å². The van der Waals surface area contributed by atoms with E-state index in [0.29, 0.717) is 6.04 Å². The molecule has 0 saturated heterocycles. The number of halogens is 1. The maximum atomic E-state index is 6.20. The quantitative estimate of drug-likeness (QED) is 0.697. The molecule has 1 fully saturated rings. The Morgan fingerprint density at radius 1 is 1.12 bits per heavy atom. The Kier molecular flexibility index (Phi) is 4.41. The van der Waals surface area contributed by atoms with Gasteiger partial charge < -0.3 is 0 Å². The van der Waals surface area contributed by atoms with Crippen LogP contribution in [0, 0.1) is 0 Å². The number of hydrogen-bond donors (Lipinski definition) is 0. The first kappa shape index (κ1) is 11.7. The number of aliphatic imine (C=N–C) groups is 1. The summed E-state index contributed by atoms with van der Waals surface area (Å²) in [4.78, 5) is 4.61. The minimum Gasteiger partial charge on any atom is -0.274 e. The number of nitrogens with zero attached hydrogens (tertiary/aromatic N) is 1. The van der Waals surface area contributed by atoms with E-state index in [2.05, 4.69) is 17.1 Å². The van der Waals surface area contributed by atoms with Crippen molar-refractivity contribution < 1.29 is 0 Å². The van der Waals surface area contributed by atoms with Crippen LogP contribution in [0.25, 0.3) is 0 Å². The first-order valence-corrected chi connectivity index (χ1v) is 6.48. The van der Waals surface area contributed by atoms with E-state index in [0.717, 1.165) is 11.6 Å². The van der Waals surface area contributed by atoms with E-state index in [-0.39, 0.29) is 0 Å². The molecule has 0 bridgehead atoms. The van der Waals surface area contributed by atoms with Crippen LogP contribution in [0.4, 0.5) is 0 Å². The molecule has 0 amide bonds. The second-order valence-corrected chi connectivity index (χ2v) is 4.90. The van der Waals surface area contributed by atoms with Gasteiger partial charge in [-0.3, -0.25) is 4.99 Å². The Bertz CT molecular complexity index is 339. The van der Waals surface area contributed by atoms with Crippen molar-refractivity contribution in [1.82, 2.24) is 0 Å². The van der Waals surface area contributed by atoms with E-state index >= 15 is 0 Å². The Labute approximate surface area is 103 Å². The van der Waals surface area contributed by atoms with Gasteiger partial charge in [0.15, 0.2) is 0 Å². The van der Waals surface area contributed by atoms with Crippen molar-refractivity contribution in [2.24, 2.45) is 4.99 Å². The van der Waals surface area contributed by atoms with Crippen LogP contribution in [-0.2, 0) is 6.42 Å². The molecule has 0 spiro atoms. The zero-order valence-electron chi connectivity index (χ0n) is 9.53. The lowest BCUT2D eigenvalue weighted by molar-refractivity contribution is 0.443. The molecule has 0 aliphatic heterocycles. The molecule has 0 aromatic heterocycles. The number of benzene rings is 1. The highest BCUT2D eigenvalue weighted by atomic mass is 35.5. The van der Waals surface area contributed by atoms with Crippen molar-refractivity contribution in [2.75, 3.05) is 0 Å². The van der Waals surface area contributed by atoms with Gasteiger partial charge in [0, 0.05) is 6.42 Å². The molecule has 16 heavy (non-hydrogen) atoms. The molecule has 1 aliphatic carbocycles. The maximum Gasteiger partial charge on any atom is 0.105 e. The Hall–Kier alpha value is -0.820. The molecule has 0 heterocycles. The third kappa shape index (κ3) is 3.64. The molecule has 1 aliphatic rings. The summed E-state index contributed by atoms with van der Waals surface area (Å²) in [5, 5.41) is 0.762. The second-order valence-electron chi connectivity index (χ2n) is 4.46. The van der Waals surface area contributed by atoms with Gasteiger partial charge in [-0.1, -0.05) is 61.2 Å². The molecule has 1 aromatic rings. The fourth-order valence-electron chi connectivity index (χ4n) is 2.22. The smallest absolute Gasteiger partial charge is 0.105 e. The molecular weight excluding hydrogens is 218 g/mol. The minimum absolute atomic E-state index is 0.477. The SMILES string of the molecule is ClC(Cc1ccccc1)=NC1CCCCC1. The van der Waals surface area contributed by atoms with Crippen molar-refractivity contribution in [1.29, 1.82) is 0 Å². The van der Waals surface area contributed by atoms with Gasteiger partial charge in [-0.2, -0.15) is 0 Å². The highest BCUT2D eigenvalue weighted by Gasteiger charge is 2.12. The monoisotopic (exact) mass is 235 g/mol. The lowest BCUT2D eigenvalue weighted by Gasteiger charge is -2.17. The summed E-state index contributed by atoms with van der Waals surface area (Å²) in [5.41, 5.74) is 1.24.